The Morgan fingerprint density at radius 2 is 1.94 bits per heavy atom. The topological polar surface area (TPSA) is 61.4 Å². The van der Waals surface area contributed by atoms with E-state index in [1.54, 1.807) is 4.90 Å². The molecule has 160 valence electrons. The number of nitrogens with zero attached hydrogens (tertiary/aromatic N) is 4. The summed E-state index contributed by atoms with van der Waals surface area (Å²) < 4.78 is 0. The first-order valence-electron chi connectivity index (χ1n) is 10.5. The molecular weight excluding hydrogens is 410 g/mol. The van der Waals surface area contributed by atoms with Gasteiger partial charge in [-0.05, 0) is 69.2 Å². The number of hydrogen-bond acceptors (Lipinski definition) is 4. The Labute approximate surface area is 187 Å². The first-order valence-corrected chi connectivity index (χ1v) is 10.9. The van der Waals surface area contributed by atoms with Crippen molar-refractivity contribution in [1.29, 1.82) is 0 Å². The lowest BCUT2D eigenvalue weighted by atomic mass is 10.1. The van der Waals surface area contributed by atoms with Crippen LogP contribution in [0.2, 0.25) is 5.02 Å². The van der Waals surface area contributed by atoms with Crippen LogP contribution in [0.5, 0.6) is 0 Å². The zero-order chi connectivity index (χ0) is 22.0. The minimum absolute atomic E-state index is 0.229. The second-order valence-corrected chi connectivity index (χ2v) is 8.17. The first kappa shape index (κ1) is 21.1. The third-order valence-corrected chi connectivity index (χ3v) is 5.58. The van der Waals surface area contributed by atoms with Gasteiger partial charge in [0.25, 0.3) is 0 Å². The van der Waals surface area contributed by atoms with Crippen LogP contribution < -0.4 is 15.1 Å². The molecule has 3 aromatic rings. The van der Waals surface area contributed by atoms with Gasteiger partial charge in [-0.1, -0.05) is 23.7 Å². The fourth-order valence-electron chi connectivity index (χ4n) is 3.95. The molecule has 6 nitrogen and oxygen atoms in total. The highest BCUT2D eigenvalue weighted by Gasteiger charge is 2.26. The maximum atomic E-state index is 13.3. The Balaban J connectivity index is 1.73. The number of aromatic nitrogens is 2. The number of fused-ring (bicyclic) bond motifs is 1. The van der Waals surface area contributed by atoms with Crippen LogP contribution in [0.15, 0.2) is 48.5 Å². The highest BCUT2D eigenvalue weighted by atomic mass is 35.5. The number of aryl methyl sites for hydroxylation is 2. The molecule has 0 atom stereocenters. The molecular formula is C24H26ClN5O. The van der Waals surface area contributed by atoms with Gasteiger partial charge in [0, 0.05) is 35.9 Å². The Bertz CT molecular complexity index is 1100. The lowest BCUT2D eigenvalue weighted by molar-refractivity contribution is 0.256. The molecule has 4 rings (SSSR count). The summed E-state index contributed by atoms with van der Waals surface area (Å²) in [5, 5.41) is 3.61. The predicted molar refractivity (Wildman–Crippen MR) is 127 cm³/mol. The van der Waals surface area contributed by atoms with E-state index in [9.17, 15) is 4.79 Å². The van der Waals surface area contributed by atoms with E-state index in [0.29, 0.717) is 23.2 Å². The molecule has 2 aromatic heterocycles. The summed E-state index contributed by atoms with van der Waals surface area (Å²) >= 11 is 6.19. The first-order chi connectivity index (χ1) is 14.9. The van der Waals surface area contributed by atoms with Crippen molar-refractivity contribution in [3.05, 3.63) is 64.8 Å². The second kappa shape index (κ2) is 8.94. The summed E-state index contributed by atoms with van der Waals surface area (Å²) in [6, 6.07) is 15.2. The van der Waals surface area contributed by atoms with Crippen molar-refractivity contribution in [2.75, 3.05) is 34.8 Å². The standard InChI is InChI=1S/C24H26ClN5O/c1-4-29-11-6-12-30(24(31)28-22-14-16(2)13-17(3)26-22)23-21(29)10-9-20(27-23)18-7-5-8-19(25)15-18/h5,7-10,13-15H,4,6,11-12H2,1-3H3,(H,26,28,31). The Morgan fingerprint density at radius 3 is 2.68 bits per heavy atom. The smallest absolute Gasteiger partial charge is 0.328 e. The molecule has 0 saturated heterocycles. The SMILES string of the molecule is CCN1CCCN(C(=O)Nc2cc(C)cc(C)n2)c2nc(-c3cccc(Cl)c3)ccc21. The van der Waals surface area contributed by atoms with Gasteiger partial charge in [-0.15, -0.1) is 0 Å². The van der Waals surface area contributed by atoms with E-state index in [1.807, 2.05) is 62.4 Å². The molecule has 7 heteroatoms. The molecule has 31 heavy (non-hydrogen) atoms. The number of hydrogen-bond donors (Lipinski definition) is 1. The van der Waals surface area contributed by atoms with Crippen LogP contribution in [0, 0.1) is 13.8 Å². The fraction of sp³-hybridized carbons (Fsp3) is 0.292. The number of anilines is 3. The van der Waals surface area contributed by atoms with E-state index in [0.717, 1.165) is 47.7 Å². The van der Waals surface area contributed by atoms with Crippen LogP contribution in [0.1, 0.15) is 24.6 Å². The van der Waals surface area contributed by atoms with E-state index >= 15 is 0 Å². The lowest BCUT2D eigenvalue weighted by Crippen LogP contribution is -2.36. The maximum Gasteiger partial charge on any atom is 0.328 e. The number of carbonyl (C=O) groups excluding carboxylic acids is 1. The quantitative estimate of drug-likeness (QED) is 0.574. The summed E-state index contributed by atoms with van der Waals surface area (Å²) in [7, 11) is 0. The molecule has 2 amide bonds. The van der Waals surface area contributed by atoms with Gasteiger partial charge < -0.3 is 4.90 Å². The average molecular weight is 436 g/mol. The highest BCUT2D eigenvalue weighted by Crippen LogP contribution is 2.34. The number of halogens is 1. The summed E-state index contributed by atoms with van der Waals surface area (Å²) in [5.74, 6) is 1.20. The minimum Gasteiger partial charge on any atom is -0.369 e. The van der Waals surface area contributed by atoms with Gasteiger partial charge in [-0.25, -0.2) is 14.8 Å². The summed E-state index contributed by atoms with van der Waals surface area (Å²) in [4.78, 5) is 26.6. The largest absolute Gasteiger partial charge is 0.369 e. The Morgan fingerprint density at radius 1 is 1.10 bits per heavy atom. The molecule has 0 radical (unpaired) electrons. The summed E-state index contributed by atoms with van der Waals surface area (Å²) in [6.45, 7) is 8.31. The van der Waals surface area contributed by atoms with Crippen LogP contribution in [0.4, 0.5) is 22.1 Å². The number of rotatable bonds is 3. The van der Waals surface area contributed by atoms with Gasteiger partial charge in [0.2, 0.25) is 0 Å². The number of urea groups is 1. The van der Waals surface area contributed by atoms with Crippen molar-refractivity contribution in [3.63, 3.8) is 0 Å². The minimum atomic E-state index is -0.229. The predicted octanol–water partition coefficient (Wildman–Crippen LogP) is 5.68. The third-order valence-electron chi connectivity index (χ3n) is 5.34. The Hall–Kier alpha value is -3.12. The van der Waals surface area contributed by atoms with Crippen molar-refractivity contribution < 1.29 is 4.79 Å². The third kappa shape index (κ3) is 4.64. The van der Waals surface area contributed by atoms with Crippen molar-refractivity contribution in [1.82, 2.24) is 9.97 Å². The molecule has 0 unspecified atom stereocenters. The van der Waals surface area contributed by atoms with Gasteiger partial charge in [-0.2, -0.15) is 0 Å². The van der Waals surface area contributed by atoms with Gasteiger partial charge in [0.05, 0.1) is 11.4 Å². The molecule has 0 saturated carbocycles. The fourth-order valence-corrected chi connectivity index (χ4v) is 4.14. The van der Waals surface area contributed by atoms with E-state index in [4.69, 9.17) is 16.6 Å². The van der Waals surface area contributed by atoms with Crippen molar-refractivity contribution in [2.24, 2.45) is 0 Å². The Kier molecular flexibility index (Phi) is 6.09. The van der Waals surface area contributed by atoms with Crippen molar-refractivity contribution in [2.45, 2.75) is 27.2 Å². The van der Waals surface area contributed by atoms with E-state index in [-0.39, 0.29) is 6.03 Å². The van der Waals surface area contributed by atoms with Gasteiger partial charge >= 0.3 is 6.03 Å². The number of pyridine rings is 2. The molecule has 1 aliphatic rings. The molecule has 3 heterocycles. The number of benzene rings is 1. The highest BCUT2D eigenvalue weighted by molar-refractivity contribution is 6.30. The lowest BCUT2D eigenvalue weighted by Gasteiger charge is -2.25. The second-order valence-electron chi connectivity index (χ2n) is 7.74. The molecule has 1 aliphatic heterocycles. The average Bonchev–Trinajstić information content (AvgIpc) is 2.91. The molecule has 0 spiro atoms. The number of amides is 2. The maximum absolute atomic E-state index is 13.3. The molecule has 0 aliphatic carbocycles. The monoisotopic (exact) mass is 435 g/mol. The molecule has 0 bridgehead atoms. The zero-order valence-electron chi connectivity index (χ0n) is 18.0. The zero-order valence-corrected chi connectivity index (χ0v) is 18.8. The van der Waals surface area contributed by atoms with E-state index < -0.39 is 0 Å². The van der Waals surface area contributed by atoms with Crippen LogP contribution in [-0.4, -0.2) is 35.6 Å². The summed E-state index contributed by atoms with van der Waals surface area (Å²) in [5.41, 5.74) is 4.57. The molecule has 1 aromatic carbocycles. The van der Waals surface area contributed by atoms with Crippen LogP contribution in [0.3, 0.4) is 0 Å². The number of nitrogens with one attached hydrogen (secondary N) is 1. The van der Waals surface area contributed by atoms with Crippen LogP contribution in [0.25, 0.3) is 11.3 Å². The molecule has 1 N–H and O–H groups in total. The summed E-state index contributed by atoms with van der Waals surface area (Å²) in [6.07, 6.45) is 0.852. The van der Waals surface area contributed by atoms with Gasteiger partial charge in [0.15, 0.2) is 5.82 Å². The van der Waals surface area contributed by atoms with Crippen molar-refractivity contribution in [3.8, 4) is 11.3 Å². The van der Waals surface area contributed by atoms with Crippen LogP contribution in [-0.2, 0) is 0 Å². The van der Waals surface area contributed by atoms with Gasteiger partial charge in [0.1, 0.15) is 5.82 Å². The number of carbonyl (C=O) groups is 1. The van der Waals surface area contributed by atoms with Crippen molar-refractivity contribution >= 4 is 35.0 Å². The normalized spacial score (nSPS) is 13.5. The van der Waals surface area contributed by atoms with E-state index in [1.165, 1.54) is 0 Å². The van der Waals surface area contributed by atoms with E-state index in [2.05, 4.69) is 22.1 Å². The van der Waals surface area contributed by atoms with Gasteiger partial charge in [-0.3, -0.25) is 10.2 Å². The van der Waals surface area contributed by atoms with Crippen LogP contribution >= 0.6 is 11.6 Å². The molecule has 0 fully saturated rings.